The second-order valence-electron chi connectivity index (χ2n) is 4.16. The van der Waals surface area contributed by atoms with Gasteiger partial charge in [0, 0.05) is 11.1 Å². The maximum atomic E-state index is 5.92. The zero-order valence-corrected chi connectivity index (χ0v) is 12.5. The van der Waals surface area contributed by atoms with Crippen molar-refractivity contribution in [2.45, 2.75) is 19.9 Å². The Labute approximate surface area is 120 Å². The molecule has 2 rings (SSSR count). The lowest BCUT2D eigenvalue weighted by Gasteiger charge is -2.05. The SMILES string of the molecule is CCOCC(N)c1noc(-c2cccc(C)c2Br)n1. The molecule has 6 heteroatoms. The number of ether oxygens (including phenoxy) is 1. The number of nitrogens with two attached hydrogens (primary N) is 1. The summed E-state index contributed by atoms with van der Waals surface area (Å²) in [5, 5.41) is 3.90. The Bertz CT molecular complexity index is 557. The second-order valence-corrected chi connectivity index (χ2v) is 4.95. The van der Waals surface area contributed by atoms with Crippen LogP contribution >= 0.6 is 15.9 Å². The third-order valence-corrected chi connectivity index (χ3v) is 3.75. The van der Waals surface area contributed by atoms with Gasteiger partial charge in [-0.05, 0) is 41.4 Å². The van der Waals surface area contributed by atoms with E-state index < -0.39 is 0 Å². The van der Waals surface area contributed by atoms with Crippen molar-refractivity contribution in [3.05, 3.63) is 34.1 Å². The number of hydrogen-bond acceptors (Lipinski definition) is 5. The summed E-state index contributed by atoms with van der Waals surface area (Å²) in [6, 6.07) is 5.49. The minimum Gasteiger partial charge on any atom is -0.380 e. The Hall–Kier alpha value is -1.24. The van der Waals surface area contributed by atoms with E-state index >= 15 is 0 Å². The van der Waals surface area contributed by atoms with Gasteiger partial charge in [0.25, 0.3) is 5.89 Å². The third kappa shape index (κ3) is 3.20. The molecule has 0 bridgehead atoms. The summed E-state index contributed by atoms with van der Waals surface area (Å²) >= 11 is 3.52. The monoisotopic (exact) mass is 325 g/mol. The van der Waals surface area contributed by atoms with Gasteiger partial charge in [-0.25, -0.2) is 0 Å². The van der Waals surface area contributed by atoms with E-state index in [1.807, 2.05) is 32.0 Å². The minimum absolute atomic E-state index is 0.374. The Morgan fingerprint density at radius 2 is 2.26 bits per heavy atom. The molecule has 102 valence electrons. The molecule has 0 radical (unpaired) electrons. The highest BCUT2D eigenvalue weighted by Gasteiger charge is 2.17. The van der Waals surface area contributed by atoms with E-state index in [0.29, 0.717) is 24.9 Å². The number of halogens is 1. The third-order valence-electron chi connectivity index (χ3n) is 2.70. The average molecular weight is 326 g/mol. The van der Waals surface area contributed by atoms with Crippen molar-refractivity contribution in [1.82, 2.24) is 10.1 Å². The molecule has 1 atom stereocenters. The highest BCUT2D eigenvalue weighted by Crippen LogP contribution is 2.29. The maximum absolute atomic E-state index is 5.92. The predicted molar refractivity (Wildman–Crippen MR) is 75.6 cm³/mol. The van der Waals surface area contributed by atoms with Crippen LogP contribution in [0.2, 0.25) is 0 Å². The van der Waals surface area contributed by atoms with Gasteiger partial charge in [0.2, 0.25) is 0 Å². The van der Waals surface area contributed by atoms with Crippen molar-refractivity contribution in [2.75, 3.05) is 13.2 Å². The fourth-order valence-electron chi connectivity index (χ4n) is 1.63. The molecule has 0 amide bonds. The van der Waals surface area contributed by atoms with E-state index in [2.05, 4.69) is 26.1 Å². The van der Waals surface area contributed by atoms with Gasteiger partial charge < -0.3 is 15.0 Å². The Balaban J connectivity index is 2.23. The summed E-state index contributed by atoms with van der Waals surface area (Å²) in [4.78, 5) is 4.32. The second kappa shape index (κ2) is 6.27. The molecule has 0 aliphatic heterocycles. The van der Waals surface area contributed by atoms with Crippen molar-refractivity contribution in [1.29, 1.82) is 0 Å². The summed E-state index contributed by atoms with van der Waals surface area (Å²) in [6.45, 7) is 4.91. The van der Waals surface area contributed by atoms with E-state index in [9.17, 15) is 0 Å². The number of aromatic nitrogens is 2. The van der Waals surface area contributed by atoms with Crippen LogP contribution in [0.5, 0.6) is 0 Å². The smallest absolute Gasteiger partial charge is 0.259 e. The molecule has 0 saturated heterocycles. The van der Waals surface area contributed by atoms with Gasteiger partial charge in [0.05, 0.1) is 18.2 Å². The van der Waals surface area contributed by atoms with Crippen molar-refractivity contribution in [2.24, 2.45) is 5.73 Å². The van der Waals surface area contributed by atoms with Crippen LogP contribution in [0, 0.1) is 6.92 Å². The maximum Gasteiger partial charge on any atom is 0.259 e. The van der Waals surface area contributed by atoms with Crippen LogP contribution < -0.4 is 5.73 Å². The summed E-state index contributed by atoms with van der Waals surface area (Å²) in [7, 11) is 0. The first-order valence-corrected chi connectivity index (χ1v) is 6.85. The molecule has 0 saturated carbocycles. The molecule has 0 aliphatic rings. The molecule has 0 aliphatic carbocycles. The molecule has 0 spiro atoms. The molecule has 1 aromatic carbocycles. The van der Waals surface area contributed by atoms with Crippen LogP contribution in [0.4, 0.5) is 0 Å². The number of nitrogens with zero attached hydrogens (tertiary/aromatic N) is 2. The standard InChI is InChI=1S/C13H16BrN3O2/c1-3-18-7-10(15)12-16-13(19-17-12)9-6-4-5-8(2)11(9)14/h4-6,10H,3,7,15H2,1-2H3. The van der Waals surface area contributed by atoms with Gasteiger partial charge in [-0.15, -0.1) is 0 Å². The first-order valence-electron chi connectivity index (χ1n) is 6.06. The van der Waals surface area contributed by atoms with Crippen LogP contribution in [0.1, 0.15) is 24.4 Å². The average Bonchev–Trinajstić information content (AvgIpc) is 2.88. The highest BCUT2D eigenvalue weighted by molar-refractivity contribution is 9.10. The van der Waals surface area contributed by atoms with Gasteiger partial charge in [-0.1, -0.05) is 17.3 Å². The van der Waals surface area contributed by atoms with E-state index in [1.54, 1.807) is 0 Å². The first kappa shape index (κ1) is 14.2. The summed E-state index contributed by atoms with van der Waals surface area (Å²) < 4.78 is 11.5. The van der Waals surface area contributed by atoms with E-state index in [-0.39, 0.29) is 6.04 Å². The molecule has 1 aromatic heterocycles. The molecule has 2 aromatic rings. The van der Waals surface area contributed by atoms with Crippen molar-refractivity contribution >= 4 is 15.9 Å². The Morgan fingerprint density at radius 1 is 1.47 bits per heavy atom. The van der Waals surface area contributed by atoms with Gasteiger partial charge in [-0.2, -0.15) is 4.98 Å². The molecule has 1 heterocycles. The fourth-order valence-corrected chi connectivity index (χ4v) is 2.06. The molecule has 5 nitrogen and oxygen atoms in total. The van der Waals surface area contributed by atoms with Crippen LogP contribution in [-0.2, 0) is 4.74 Å². The summed E-state index contributed by atoms with van der Waals surface area (Å²) in [6.07, 6.45) is 0. The molecule has 0 fully saturated rings. The Kier molecular flexibility index (Phi) is 4.68. The number of hydrogen-bond donors (Lipinski definition) is 1. The molecule has 1 unspecified atom stereocenters. The molecule has 2 N–H and O–H groups in total. The quantitative estimate of drug-likeness (QED) is 0.914. The molecular formula is C13H16BrN3O2. The lowest BCUT2D eigenvalue weighted by atomic mass is 10.1. The first-order chi connectivity index (χ1) is 9.13. The lowest BCUT2D eigenvalue weighted by molar-refractivity contribution is 0.130. The van der Waals surface area contributed by atoms with Gasteiger partial charge in [-0.3, -0.25) is 0 Å². The normalized spacial score (nSPS) is 12.6. The number of benzene rings is 1. The zero-order valence-electron chi connectivity index (χ0n) is 10.9. The van der Waals surface area contributed by atoms with Crippen LogP contribution in [0.25, 0.3) is 11.5 Å². The van der Waals surface area contributed by atoms with Crippen molar-refractivity contribution < 1.29 is 9.26 Å². The minimum atomic E-state index is -0.374. The van der Waals surface area contributed by atoms with Gasteiger partial charge >= 0.3 is 0 Å². The van der Waals surface area contributed by atoms with Gasteiger partial charge in [0.1, 0.15) is 0 Å². The van der Waals surface area contributed by atoms with Crippen molar-refractivity contribution in [3.63, 3.8) is 0 Å². The largest absolute Gasteiger partial charge is 0.380 e. The van der Waals surface area contributed by atoms with Crippen LogP contribution in [0.3, 0.4) is 0 Å². The summed E-state index contributed by atoms with van der Waals surface area (Å²) in [5.74, 6) is 0.911. The van der Waals surface area contributed by atoms with Crippen LogP contribution in [-0.4, -0.2) is 23.4 Å². The van der Waals surface area contributed by atoms with E-state index in [0.717, 1.165) is 15.6 Å². The molecule has 19 heavy (non-hydrogen) atoms. The topological polar surface area (TPSA) is 74.2 Å². The lowest BCUT2D eigenvalue weighted by Crippen LogP contribution is -2.18. The predicted octanol–water partition coefficient (Wildman–Crippen LogP) is 2.84. The zero-order chi connectivity index (χ0) is 13.8. The van der Waals surface area contributed by atoms with Gasteiger partial charge in [0.15, 0.2) is 5.82 Å². The molecular weight excluding hydrogens is 310 g/mol. The van der Waals surface area contributed by atoms with Crippen LogP contribution in [0.15, 0.2) is 27.2 Å². The van der Waals surface area contributed by atoms with Crippen molar-refractivity contribution in [3.8, 4) is 11.5 Å². The highest BCUT2D eigenvalue weighted by atomic mass is 79.9. The Morgan fingerprint density at radius 3 is 3.00 bits per heavy atom. The van der Waals surface area contributed by atoms with E-state index in [1.165, 1.54) is 0 Å². The fraction of sp³-hybridized carbons (Fsp3) is 0.385. The number of aryl methyl sites for hydroxylation is 1. The summed E-state index contributed by atoms with van der Waals surface area (Å²) in [5.41, 5.74) is 7.89. The number of rotatable bonds is 5. The van der Waals surface area contributed by atoms with E-state index in [4.69, 9.17) is 15.0 Å².